The number of aryl methyl sites for hydroxylation is 1. The minimum absolute atomic E-state index is 0.137. The van der Waals surface area contributed by atoms with Gasteiger partial charge in [-0.15, -0.1) is 11.3 Å². The number of esters is 1. The number of fused-ring (bicyclic) bond motifs is 1. The van der Waals surface area contributed by atoms with E-state index >= 15 is 0 Å². The molecule has 0 fully saturated rings. The number of carbonyl (C=O) groups excluding carboxylic acids is 2. The van der Waals surface area contributed by atoms with E-state index in [0.29, 0.717) is 27.6 Å². The number of amides is 1. The van der Waals surface area contributed by atoms with E-state index in [1.165, 1.54) is 11.3 Å². The second-order valence-corrected chi connectivity index (χ2v) is 7.34. The van der Waals surface area contributed by atoms with E-state index in [-0.39, 0.29) is 19.3 Å². The monoisotopic (exact) mass is 409 g/mol. The summed E-state index contributed by atoms with van der Waals surface area (Å²) in [7, 11) is 0. The second kappa shape index (κ2) is 7.97. The Morgan fingerprint density at radius 2 is 1.86 bits per heavy atom. The molecule has 1 aliphatic heterocycles. The number of anilines is 1. The van der Waals surface area contributed by atoms with E-state index in [0.717, 1.165) is 16.7 Å². The maximum Gasteiger partial charge on any atom is 0.341 e. The lowest BCUT2D eigenvalue weighted by molar-refractivity contribution is 0.0529. The molecule has 1 aromatic heterocycles. The fraction of sp³-hybridized carbons (Fsp3) is 0.182. The Hall–Kier alpha value is -3.32. The maximum absolute atomic E-state index is 12.8. The van der Waals surface area contributed by atoms with Gasteiger partial charge >= 0.3 is 5.97 Å². The minimum atomic E-state index is -0.467. The highest BCUT2D eigenvalue weighted by atomic mass is 32.1. The van der Waals surface area contributed by atoms with Crippen molar-refractivity contribution in [2.45, 2.75) is 13.8 Å². The zero-order valence-electron chi connectivity index (χ0n) is 16.0. The summed E-state index contributed by atoms with van der Waals surface area (Å²) < 4.78 is 15.8. The molecule has 2 heterocycles. The first kappa shape index (κ1) is 19.0. The predicted molar refractivity (Wildman–Crippen MR) is 111 cm³/mol. The van der Waals surface area contributed by atoms with E-state index in [9.17, 15) is 9.59 Å². The van der Waals surface area contributed by atoms with Gasteiger partial charge in [0, 0.05) is 16.5 Å². The first-order valence-corrected chi connectivity index (χ1v) is 10.0. The highest BCUT2D eigenvalue weighted by molar-refractivity contribution is 7.15. The molecule has 7 heteroatoms. The van der Waals surface area contributed by atoms with Gasteiger partial charge in [0.05, 0.1) is 6.61 Å². The minimum Gasteiger partial charge on any atom is -0.462 e. The van der Waals surface area contributed by atoms with Crippen molar-refractivity contribution in [1.29, 1.82) is 0 Å². The maximum atomic E-state index is 12.8. The highest BCUT2D eigenvalue weighted by Gasteiger charge is 2.24. The SMILES string of the molecule is CCOC(=O)c1c(-c2ccc(C)cc2)csc1NC(=O)c1ccc2c(c1)OCO2. The Kier molecular flexibility index (Phi) is 5.22. The average Bonchev–Trinajstić information content (AvgIpc) is 3.35. The van der Waals surface area contributed by atoms with Crippen LogP contribution in [-0.4, -0.2) is 25.3 Å². The van der Waals surface area contributed by atoms with Crippen molar-refractivity contribution in [2.24, 2.45) is 0 Å². The Morgan fingerprint density at radius 1 is 1.10 bits per heavy atom. The summed E-state index contributed by atoms with van der Waals surface area (Å²) >= 11 is 1.29. The van der Waals surface area contributed by atoms with Gasteiger partial charge in [-0.25, -0.2) is 4.79 Å². The molecule has 0 spiro atoms. The van der Waals surface area contributed by atoms with Gasteiger partial charge in [0.25, 0.3) is 5.91 Å². The van der Waals surface area contributed by atoms with Gasteiger partial charge < -0.3 is 19.5 Å². The molecule has 3 aromatic rings. The molecule has 0 bridgehead atoms. The first-order chi connectivity index (χ1) is 14.1. The second-order valence-electron chi connectivity index (χ2n) is 6.46. The number of nitrogens with one attached hydrogen (secondary N) is 1. The predicted octanol–water partition coefficient (Wildman–Crippen LogP) is 4.88. The number of rotatable bonds is 5. The number of benzene rings is 2. The van der Waals surface area contributed by atoms with Crippen molar-refractivity contribution in [3.63, 3.8) is 0 Å². The molecular formula is C22H19NO5S. The fourth-order valence-corrected chi connectivity index (χ4v) is 3.97. The largest absolute Gasteiger partial charge is 0.462 e. The molecule has 0 unspecified atom stereocenters. The van der Waals surface area contributed by atoms with E-state index in [1.807, 2.05) is 36.6 Å². The fourth-order valence-electron chi connectivity index (χ4n) is 3.01. The van der Waals surface area contributed by atoms with Crippen LogP contribution in [0, 0.1) is 6.92 Å². The smallest absolute Gasteiger partial charge is 0.341 e. The van der Waals surface area contributed by atoms with E-state index in [4.69, 9.17) is 14.2 Å². The van der Waals surface area contributed by atoms with Crippen LogP contribution in [-0.2, 0) is 4.74 Å². The molecule has 0 saturated heterocycles. The molecule has 0 saturated carbocycles. The Labute approximate surface area is 172 Å². The van der Waals surface area contributed by atoms with Crippen molar-refractivity contribution in [3.05, 3.63) is 64.5 Å². The molecule has 29 heavy (non-hydrogen) atoms. The summed E-state index contributed by atoms with van der Waals surface area (Å²) in [6.45, 7) is 4.14. The molecule has 0 aliphatic carbocycles. The number of thiophene rings is 1. The standard InChI is InChI=1S/C22H19NO5S/c1-3-26-22(25)19-16(14-6-4-13(2)5-7-14)11-29-21(19)23-20(24)15-8-9-17-18(10-15)28-12-27-17/h4-11H,3,12H2,1-2H3,(H,23,24). The van der Waals surface area contributed by atoms with Crippen molar-refractivity contribution >= 4 is 28.2 Å². The van der Waals surface area contributed by atoms with Crippen molar-refractivity contribution in [2.75, 3.05) is 18.7 Å². The van der Waals surface area contributed by atoms with Gasteiger partial charge in [-0.3, -0.25) is 4.79 Å². The summed E-state index contributed by atoms with van der Waals surface area (Å²) in [5, 5.41) is 5.14. The summed E-state index contributed by atoms with van der Waals surface area (Å²) in [5.41, 5.74) is 3.51. The molecule has 4 rings (SSSR count). The number of ether oxygens (including phenoxy) is 3. The zero-order valence-corrected chi connectivity index (χ0v) is 16.8. The van der Waals surface area contributed by atoms with Gasteiger partial charge in [0.2, 0.25) is 6.79 Å². The molecule has 0 radical (unpaired) electrons. The average molecular weight is 409 g/mol. The van der Waals surface area contributed by atoms with Gasteiger partial charge in [0.15, 0.2) is 11.5 Å². The van der Waals surface area contributed by atoms with Crippen LogP contribution in [0.4, 0.5) is 5.00 Å². The van der Waals surface area contributed by atoms with Crippen molar-refractivity contribution in [1.82, 2.24) is 0 Å². The van der Waals surface area contributed by atoms with Gasteiger partial charge in [-0.1, -0.05) is 29.8 Å². The molecule has 6 nitrogen and oxygen atoms in total. The molecular weight excluding hydrogens is 390 g/mol. The third-order valence-electron chi connectivity index (χ3n) is 4.49. The van der Waals surface area contributed by atoms with Crippen LogP contribution < -0.4 is 14.8 Å². The lowest BCUT2D eigenvalue weighted by Crippen LogP contribution is -2.14. The zero-order chi connectivity index (χ0) is 20.4. The van der Waals surface area contributed by atoms with Crippen LogP contribution in [0.3, 0.4) is 0 Å². The third-order valence-corrected chi connectivity index (χ3v) is 5.39. The summed E-state index contributed by atoms with van der Waals surface area (Å²) in [6, 6.07) is 12.8. The van der Waals surface area contributed by atoms with Crippen molar-refractivity contribution < 1.29 is 23.8 Å². The van der Waals surface area contributed by atoms with Gasteiger partial charge in [0.1, 0.15) is 10.6 Å². The first-order valence-electron chi connectivity index (χ1n) is 9.13. The van der Waals surface area contributed by atoms with Crippen LogP contribution in [0.25, 0.3) is 11.1 Å². The van der Waals surface area contributed by atoms with Gasteiger partial charge in [-0.05, 0) is 37.6 Å². The van der Waals surface area contributed by atoms with Crippen LogP contribution in [0.5, 0.6) is 11.5 Å². The number of hydrogen-bond acceptors (Lipinski definition) is 6. The molecule has 1 amide bonds. The Morgan fingerprint density at radius 3 is 2.62 bits per heavy atom. The quantitative estimate of drug-likeness (QED) is 0.608. The number of carbonyl (C=O) groups is 2. The van der Waals surface area contributed by atoms with E-state index in [2.05, 4.69) is 5.32 Å². The molecule has 1 aliphatic rings. The number of hydrogen-bond donors (Lipinski definition) is 1. The van der Waals surface area contributed by atoms with E-state index < -0.39 is 5.97 Å². The van der Waals surface area contributed by atoms with Crippen molar-refractivity contribution in [3.8, 4) is 22.6 Å². The van der Waals surface area contributed by atoms with Crippen LogP contribution in [0.1, 0.15) is 33.2 Å². The third kappa shape index (κ3) is 3.82. The lowest BCUT2D eigenvalue weighted by Gasteiger charge is -2.09. The highest BCUT2D eigenvalue weighted by Crippen LogP contribution is 2.37. The summed E-state index contributed by atoms with van der Waals surface area (Å²) in [5.74, 6) is 0.317. The van der Waals surface area contributed by atoms with E-state index in [1.54, 1.807) is 25.1 Å². The molecule has 0 atom stereocenters. The molecule has 1 N–H and O–H groups in total. The Bertz CT molecular complexity index is 1070. The topological polar surface area (TPSA) is 73.9 Å². The summed E-state index contributed by atoms with van der Waals surface area (Å²) in [4.78, 5) is 25.4. The lowest BCUT2D eigenvalue weighted by atomic mass is 10.0. The van der Waals surface area contributed by atoms with Crippen LogP contribution >= 0.6 is 11.3 Å². The van der Waals surface area contributed by atoms with Crippen LogP contribution in [0.15, 0.2) is 47.8 Å². The van der Waals surface area contributed by atoms with Gasteiger partial charge in [-0.2, -0.15) is 0 Å². The molecule has 2 aromatic carbocycles. The molecule has 148 valence electrons. The Balaban J connectivity index is 1.67. The normalized spacial score (nSPS) is 11.9. The summed E-state index contributed by atoms with van der Waals surface area (Å²) in [6.07, 6.45) is 0. The van der Waals surface area contributed by atoms with Crippen LogP contribution in [0.2, 0.25) is 0 Å².